The summed E-state index contributed by atoms with van der Waals surface area (Å²) in [7, 11) is 0. The van der Waals surface area contributed by atoms with Crippen LogP contribution in [0.5, 0.6) is 0 Å². The first-order valence-electron chi connectivity index (χ1n) is 5.76. The Bertz CT molecular complexity index is 446. The van der Waals surface area contributed by atoms with E-state index in [9.17, 15) is 0 Å². The molecule has 1 nitrogen and oxygen atoms in total. The highest BCUT2D eigenvalue weighted by molar-refractivity contribution is 5.63. The highest BCUT2D eigenvalue weighted by Gasteiger charge is 2.01. The molecular formula is C15H17N. The molecular weight excluding hydrogens is 194 g/mol. The van der Waals surface area contributed by atoms with Crippen LogP contribution in [0.3, 0.4) is 0 Å². The highest BCUT2D eigenvalue weighted by atomic mass is 14.7. The topological polar surface area (TPSA) is 12.9 Å². The first-order valence-corrected chi connectivity index (χ1v) is 5.76. The van der Waals surface area contributed by atoms with Crippen LogP contribution in [0.1, 0.15) is 19.5 Å². The molecule has 0 spiro atoms. The predicted octanol–water partition coefficient (Wildman–Crippen LogP) is 3.95. The van der Waals surface area contributed by atoms with Gasteiger partial charge in [-0.05, 0) is 35.6 Å². The molecule has 0 aliphatic carbocycles. The Morgan fingerprint density at radius 3 is 2.44 bits per heavy atom. The molecule has 1 aromatic carbocycles. The maximum absolute atomic E-state index is 4.41. The minimum Gasteiger partial charge on any atom is -0.261 e. The summed E-state index contributed by atoms with van der Waals surface area (Å²) in [6.45, 7) is 4.44. The number of rotatable bonds is 3. The van der Waals surface area contributed by atoms with Gasteiger partial charge < -0.3 is 0 Å². The van der Waals surface area contributed by atoms with Crippen molar-refractivity contribution in [1.29, 1.82) is 0 Å². The lowest BCUT2D eigenvalue weighted by molar-refractivity contribution is 0.635. The zero-order valence-electron chi connectivity index (χ0n) is 9.85. The van der Waals surface area contributed by atoms with E-state index >= 15 is 0 Å². The van der Waals surface area contributed by atoms with Crippen molar-refractivity contribution < 1.29 is 0 Å². The van der Waals surface area contributed by atoms with Gasteiger partial charge in [-0.2, -0.15) is 0 Å². The minimum absolute atomic E-state index is 0.651. The molecule has 0 saturated carbocycles. The van der Waals surface area contributed by atoms with Crippen LogP contribution in [0, 0.1) is 5.92 Å². The standard InChI is InChI=1S/C15H17N/c1-12(2)10-15-11-14(8-9-16-15)13-6-4-3-5-7-13/h3-9,11-12H,10H2,1-2H3. The Labute approximate surface area is 97.2 Å². The molecule has 1 heteroatoms. The van der Waals surface area contributed by atoms with E-state index in [-0.39, 0.29) is 0 Å². The molecule has 2 aromatic rings. The highest BCUT2D eigenvalue weighted by Crippen LogP contribution is 2.19. The van der Waals surface area contributed by atoms with Crippen LogP contribution in [-0.4, -0.2) is 4.98 Å². The molecule has 0 amide bonds. The molecule has 0 N–H and O–H groups in total. The summed E-state index contributed by atoms with van der Waals surface area (Å²) in [5, 5.41) is 0. The van der Waals surface area contributed by atoms with E-state index in [1.165, 1.54) is 16.8 Å². The van der Waals surface area contributed by atoms with Crippen molar-refractivity contribution in [2.45, 2.75) is 20.3 Å². The van der Waals surface area contributed by atoms with Gasteiger partial charge in [0.1, 0.15) is 0 Å². The molecule has 0 unspecified atom stereocenters. The first kappa shape index (κ1) is 10.9. The molecule has 16 heavy (non-hydrogen) atoms. The summed E-state index contributed by atoms with van der Waals surface area (Å²) in [5.41, 5.74) is 3.69. The molecule has 0 aliphatic rings. The van der Waals surface area contributed by atoms with Gasteiger partial charge in [-0.3, -0.25) is 4.98 Å². The van der Waals surface area contributed by atoms with Crippen LogP contribution in [0.25, 0.3) is 11.1 Å². The van der Waals surface area contributed by atoms with Crippen LogP contribution in [0.15, 0.2) is 48.7 Å². The molecule has 1 aromatic heterocycles. The van der Waals surface area contributed by atoms with Crippen LogP contribution >= 0.6 is 0 Å². The number of hydrogen-bond donors (Lipinski definition) is 0. The van der Waals surface area contributed by atoms with Gasteiger partial charge in [-0.25, -0.2) is 0 Å². The van der Waals surface area contributed by atoms with Crippen molar-refractivity contribution in [1.82, 2.24) is 4.98 Å². The second-order valence-electron chi connectivity index (χ2n) is 4.50. The first-order chi connectivity index (χ1) is 7.75. The number of benzene rings is 1. The van der Waals surface area contributed by atoms with Crippen molar-refractivity contribution in [3.63, 3.8) is 0 Å². The third-order valence-corrected chi connectivity index (χ3v) is 2.54. The lowest BCUT2D eigenvalue weighted by atomic mass is 10.0. The predicted molar refractivity (Wildman–Crippen MR) is 68.2 cm³/mol. The molecule has 2 rings (SSSR count). The van der Waals surface area contributed by atoms with Crippen LogP contribution in [0.2, 0.25) is 0 Å². The Morgan fingerprint density at radius 1 is 1.00 bits per heavy atom. The summed E-state index contributed by atoms with van der Waals surface area (Å²) < 4.78 is 0. The molecule has 0 radical (unpaired) electrons. The van der Waals surface area contributed by atoms with Crippen molar-refractivity contribution >= 4 is 0 Å². The Kier molecular flexibility index (Phi) is 3.35. The Hall–Kier alpha value is -1.63. The normalized spacial score (nSPS) is 10.7. The van der Waals surface area contributed by atoms with Crippen LogP contribution in [-0.2, 0) is 6.42 Å². The fourth-order valence-corrected chi connectivity index (χ4v) is 1.82. The van der Waals surface area contributed by atoms with Crippen LogP contribution < -0.4 is 0 Å². The molecule has 1 heterocycles. The molecule has 0 saturated heterocycles. The molecule has 0 fully saturated rings. The van der Waals surface area contributed by atoms with Crippen molar-refractivity contribution in [3.05, 3.63) is 54.4 Å². The summed E-state index contributed by atoms with van der Waals surface area (Å²) >= 11 is 0. The van der Waals surface area contributed by atoms with Gasteiger partial charge in [0.2, 0.25) is 0 Å². The van der Waals surface area contributed by atoms with Gasteiger partial charge in [-0.1, -0.05) is 44.2 Å². The van der Waals surface area contributed by atoms with Crippen LogP contribution in [0.4, 0.5) is 0 Å². The van der Waals surface area contributed by atoms with E-state index < -0.39 is 0 Å². The fourth-order valence-electron chi connectivity index (χ4n) is 1.82. The largest absolute Gasteiger partial charge is 0.261 e. The molecule has 82 valence electrons. The SMILES string of the molecule is CC(C)Cc1cc(-c2ccccc2)ccn1. The molecule has 0 aliphatic heterocycles. The summed E-state index contributed by atoms with van der Waals surface area (Å²) in [6.07, 6.45) is 2.95. The minimum atomic E-state index is 0.651. The second kappa shape index (κ2) is 4.93. The van der Waals surface area contributed by atoms with E-state index in [0.29, 0.717) is 5.92 Å². The number of nitrogens with zero attached hydrogens (tertiary/aromatic N) is 1. The average molecular weight is 211 g/mol. The third kappa shape index (κ3) is 2.69. The van der Waals surface area contributed by atoms with Gasteiger partial charge in [0, 0.05) is 11.9 Å². The lowest BCUT2D eigenvalue weighted by Gasteiger charge is -2.06. The smallest absolute Gasteiger partial charge is 0.0412 e. The number of pyridine rings is 1. The van der Waals surface area contributed by atoms with Crippen molar-refractivity contribution in [2.24, 2.45) is 5.92 Å². The number of hydrogen-bond acceptors (Lipinski definition) is 1. The quantitative estimate of drug-likeness (QED) is 0.749. The van der Waals surface area contributed by atoms with Gasteiger partial charge in [0.25, 0.3) is 0 Å². The fraction of sp³-hybridized carbons (Fsp3) is 0.267. The zero-order valence-corrected chi connectivity index (χ0v) is 9.85. The van der Waals surface area contributed by atoms with Crippen molar-refractivity contribution in [3.8, 4) is 11.1 Å². The summed E-state index contributed by atoms with van der Waals surface area (Å²) in [4.78, 5) is 4.41. The lowest BCUT2D eigenvalue weighted by Crippen LogP contribution is -1.96. The molecule has 0 bridgehead atoms. The van der Waals surface area contributed by atoms with E-state index in [2.05, 4.69) is 55.2 Å². The zero-order chi connectivity index (χ0) is 11.4. The number of aromatic nitrogens is 1. The van der Waals surface area contributed by atoms with E-state index in [0.717, 1.165) is 6.42 Å². The second-order valence-corrected chi connectivity index (χ2v) is 4.50. The summed E-state index contributed by atoms with van der Waals surface area (Å²) in [6, 6.07) is 14.7. The maximum atomic E-state index is 4.41. The average Bonchev–Trinajstić information content (AvgIpc) is 2.30. The maximum Gasteiger partial charge on any atom is 0.0412 e. The Morgan fingerprint density at radius 2 is 1.75 bits per heavy atom. The Balaban J connectivity index is 2.29. The monoisotopic (exact) mass is 211 g/mol. The van der Waals surface area contributed by atoms with Gasteiger partial charge >= 0.3 is 0 Å². The van der Waals surface area contributed by atoms with E-state index in [1.807, 2.05) is 12.3 Å². The van der Waals surface area contributed by atoms with Gasteiger partial charge in [-0.15, -0.1) is 0 Å². The third-order valence-electron chi connectivity index (χ3n) is 2.54. The van der Waals surface area contributed by atoms with Gasteiger partial charge in [0.05, 0.1) is 0 Å². The molecule has 0 atom stereocenters. The van der Waals surface area contributed by atoms with Crippen molar-refractivity contribution in [2.75, 3.05) is 0 Å². The summed E-state index contributed by atoms with van der Waals surface area (Å²) in [5.74, 6) is 0.651. The van der Waals surface area contributed by atoms with E-state index in [4.69, 9.17) is 0 Å². The van der Waals surface area contributed by atoms with Gasteiger partial charge in [0.15, 0.2) is 0 Å². The van der Waals surface area contributed by atoms with E-state index in [1.54, 1.807) is 0 Å².